The summed E-state index contributed by atoms with van der Waals surface area (Å²) >= 11 is 0. The number of fused-ring (bicyclic) bond motifs is 1. The van der Waals surface area contributed by atoms with Crippen LogP contribution in [0, 0.1) is 5.92 Å². The Balaban J connectivity index is 1.73. The van der Waals surface area contributed by atoms with Crippen LogP contribution in [0.4, 0.5) is 5.69 Å². The van der Waals surface area contributed by atoms with Crippen LogP contribution >= 0.6 is 0 Å². The summed E-state index contributed by atoms with van der Waals surface area (Å²) in [5.41, 5.74) is 0.364. The Morgan fingerprint density at radius 2 is 1.92 bits per heavy atom. The highest BCUT2D eigenvalue weighted by Crippen LogP contribution is 2.43. The van der Waals surface area contributed by atoms with Crippen molar-refractivity contribution in [3.05, 3.63) is 29.8 Å². The van der Waals surface area contributed by atoms with Crippen molar-refractivity contribution in [2.75, 3.05) is 18.1 Å². The molecule has 0 bridgehead atoms. The van der Waals surface area contributed by atoms with E-state index in [1.165, 1.54) is 0 Å². The zero-order chi connectivity index (χ0) is 18.2. The summed E-state index contributed by atoms with van der Waals surface area (Å²) in [7, 11) is 0. The molecule has 136 valence electrons. The molecular weight excluding hydrogens is 318 g/mol. The maximum Gasteiger partial charge on any atom is 0.308 e. The van der Waals surface area contributed by atoms with Gasteiger partial charge in [-0.15, -0.1) is 0 Å². The molecule has 5 nitrogen and oxygen atoms in total. The average Bonchev–Trinajstić information content (AvgIpc) is 2.77. The van der Waals surface area contributed by atoms with E-state index < -0.39 is 11.0 Å². The van der Waals surface area contributed by atoms with Gasteiger partial charge in [0.15, 0.2) is 0 Å². The molecule has 0 radical (unpaired) electrons. The molecule has 1 fully saturated rings. The summed E-state index contributed by atoms with van der Waals surface area (Å²) in [5, 5.41) is 11.0. The number of amides is 1. The van der Waals surface area contributed by atoms with Gasteiger partial charge in [-0.25, -0.2) is 0 Å². The molecular formula is C20H27NO4. The van der Waals surface area contributed by atoms with Crippen LogP contribution < -0.4 is 4.90 Å². The molecule has 0 atom stereocenters. The number of para-hydroxylation sites is 1. The number of ether oxygens (including phenoxy) is 1. The summed E-state index contributed by atoms with van der Waals surface area (Å²) in [4.78, 5) is 26.5. The molecule has 1 aromatic rings. The third-order valence-electron chi connectivity index (χ3n) is 5.64. The Morgan fingerprint density at radius 3 is 2.56 bits per heavy atom. The van der Waals surface area contributed by atoms with Crippen LogP contribution in [-0.2, 0) is 19.7 Å². The maximum atomic E-state index is 12.9. The van der Waals surface area contributed by atoms with Crippen LogP contribution in [0.3, 0.4) is 0 Å². The Hall–Kier alpha value is -1.88. The molecule has 5 heteroatoms. The molecule has 1 N–H and O–H groups in total. The van der Waals surface area contributed by atoms with Crippen molar-refractivity contribution in [2.45, 2.75) is 57.5 Å². The summed E-state index contributed by atoms with van der Waals surface area (Å²) < 4.78 is 5.09. The second kappa shape index (κ2) is 6.45. The third kappa shape index (κ3) is 3.17. The minimum atomic E-state index is -0.952. The SMILES string of the molecule is CCOC(=O)C1CCC(O)(CN2C(=O)C(C)(C)c3ccccc32)CC1. The normalized spacial score (nSPS) is 27.9. The zero-order valence-electron chi connectivity index (χ0n) is 15.2. The van der Waals surface area contributed by atoms with Crippen LogP contribution in [0.25, 0.3) is 0 Å². The Morgan fingerprint density at radius 1 is 1.28 bits per heavy atom. The van der Waals surface area contributed by atoms with Gasteiger partial charge in [-0.1, -0.05) is 18.2 Å². The lowest BCUT2D eigenvalue weighted by atomic mass is 9.78. The van der Waals surface area contributed by atoms with Crippen LogP contribution in [0.15, 0.2) is 24.3 Å². The fourth-order valence-electron chi connectivity index (χ4n) is 4.06. The van der Waals surface area contributed by atoms with Crippen LogP contribution in [0.1, 0.15) is 52.0 Å². The highest BCUT2D eigenvalue weighted by atomic mass is 16.5. The first-order chi connectivity index (χ1) is 11.8. The number of carbonyl (C=O) groups is 2. The van der Waals surface area contributed by atoms with Gasteiger partial charge in [-0.3, -0.25) is 9.59 Å². The van der Waals surface area contributed by atoms with Gasteiger partial charge in [0.2, 0.25) is 5.91 Å². The molecule has 3 rings (SSSR count). The lowest BCUT2D eigenvalue weighted by molar-refractivity contribution is -0.151. The number of rotatable bonds is 4. The summed E-state index contributed by atoms with van der Waals surface area (Å²) in [5.74, 6) is -0.291. The van der Waals surface area contributed by atoms with E-state index in [2.05, 4.69) is 0 Å². The number of hydrogen-bond acceptors (Lipinski definition) is 4. The van der Waals surface area contributed by atoms with Crippen molar-refractivity contribution in [3.63, 3.8) is 0 Å². The predicted molar refractivity (Wildman–Crippen MR) is 95.4 cm³/mol. The lowest BCUT2D eigenvalue weighted by Crippen LogP contribution is -2.49. The largest absolute Gasteiger partial charge is 0.466 e. The number of anilines is 1. The second-order valence-electron chi connectivity index (χ2n) is 7.78. The Labute approximate surface area is 149 Å². The van der Waals surface area contributed by atoms with Gasteiger partial charge in [0.1, 0.15) is 0 Å². The number of benzene rings is 1. The van der Waals surface area contributed by atoms with Gasteiger partial charge < -0.3 is 14.7 Å². The van der Waals surface area contributed by atoms with Gasteiger partial charge in [-0.05, 0) is 58.1 Å². The van der Waals surface area contributed by atoms with E-state index in [0.717, 1.165) is 11.3 Å². The number of nitrogens with zero attached hydrogens (tertiary/aromatic N) is 1. The highest BCUT2D eigenvalue weighted by Gasteiger charge is 2.47. The molecule has 0 spiro atoms. The van der Waals surface area contributed by atoms with Crippen LogP contribution in [-0.4, -0.2) is 35.7 Å². The van der Waals surface area contributed by atoms with E-state index in [1.807, 2.05) is 38.1 Å². The minimum Gasteiger partial charge on any atom is -0.466 e. The summed E-state index contributed by atoms with van der Waals surface area (Å²) in [6, 6.07) is 7.78. The minimum absolute atomic E-state index is 0.0228. The molecule has 1 aliphatic carbocycles. The van der Waals surface area contributed by atoms with Gasteiger partial charge in [0.05, 0.1) is 30.1 Å². The number of β-amino-alcohol motifs (C(OH)–C–C–N with tert-alkyl or cyclic N) is 1. The number of carbonyl (C=O) groups excluding carboxylic acids is 2. The van der Waals surface area contributed by atoms with Gasteiger partial charge >= 0.3 is 5.97 Å². The number of aliphatic hydroxyl groups is 1. The molecule has 1 aliphatic heterocycles. The topological polar surface area (TPSA) is 66.8 Å². The van der Waals surface area contributed by atoms with Crippen molar-refractivity contribution >= 4 is 17.6 Å². The van der Waals surface area contributed by atoms with E-state index in [4.69, 9.17) is 4.74 Å². The van der Waals surface area contributed by atoms with Crippen molar-refractivity contribution in [1.82, 2.24) is 0 Å². The first kappa shape index (κ1) is 17.9. The van der Waals surface area contributed by atoms with Crippen molar-refractivity contribution in [1.29, 1.82) is 0 Å². The third-order valence-corrected chi connectivity index (χ3v) is 5.64. The fraction of sp³-hybridized carbons (Fsp3) is 0.600. The van der Waals surface area contributed by atoms with Crippen molar-refractivity contribution < 1.29 is 19.4 Å². The van der Waals surface area contributed by atoms with E-state index in [1.54, 1.807) is 11.8 Å². The van der Waals surface area contributed by atoms with E-state index in [0.29, 0.717) is 32.3 Å². The predicted octanol–water partition coefficient (Wildman–Crippen LogP) is 2.80. The zero-order valence-corrected chi connectivity index (χ0v) is 15.2. The average molecular weight is 345 g/mol. The second-order valence-corrected chi connectivity index (χ2v) is 7.78. The van der Waals surface area contributed by atoms with Crippen LogP contribution in [0.5, 0.6) is 0 Å². The molecule has 0 saturated heterocycles. The smallest absolute Gasteiger partial charge is 0.308 e. The Bertz CT molecular complexity index is 674. The molecule has 1 aromatic carbocycles. The first-order valence-electron chi connectivity index (χ1n) is 9.09. The quantitative estimate of drug-likeness (QED) is 0.852. The lowest BCUT2D eigenvalue weighted by Gasteiger charge is -2.38. The fourth-order valence-corrected chi connectivity index (χ4v) is 4.06. The molecule has 0 unspecified atom stereocenters. The van der Waals surface area contributed by atoms with Gasteiger partial charge in [-0.2, -0.15) is 0 Å². The number of esters is 1. The molecule has 1 heterocycles. The van der Waals surface area contributed by atoms with Gasteiger partial charge in [0.25, 0.3) is 0 Å². The van der Waals surface area contributed by atoms with E-state index in [9.17, 15) is 14.7 Å². The standard InChI is InChI=1S/C20H27NO4/c1-4-25-17(22)14-9-11-20(24,12-10-14)13-21-16-8-6-5-7-15(16)19(2,3)18(21)23/h5-8,14,24H,4,9-13H2,1-3H3. The summed E-state index contributed by atoms with van der Waals surface area (Å²) in [6.07, 6.45) is 2.20. The molecule has 1 amide bonds. The molecule has 2 aliphatic rings. The number of hydrogen-bond donors (Lipinski definition) is 1. The van der Waals surface area contributed by atoms with Crippen molar-refractivity contribution in [2.24, 2.45) is 5.92 Å². The Kier molecular flexibility index (Phi) is 4.62. The molecule has 1 saturated carbocycles. The van der Waals surface area contributed by atoms with E-state index in [-0.39, 0.29) is 24.3 Å². The molecule has 25 heavy (non-hydrogen) atoms. The van der Waals surface area contributed by atoms with Crippen molar-refractivity contribution in [3.8, 4) is 0 Å². The highest BCUT2D eigenvalue weighted by molar-refractivity contribution is 6.07. The van der Waals surface area contributed by atoms with E-state index >= 15 is 0 Å². The first-order valence-corrected chi connectivity index (χ1v) is 9.09. The summed E-state index contributed by atoms with van der Waals surface area (Å²) in [6.45, 7) is 6.32. The monoisotopic (exact) mass is 345 g/mol. The van der Waals surface area contributed by atoms with Gasteiger partial charge in [0, 0.05) is 5.69 Å². The van der Waals surface area contributed by atoms with Crippen LogP contribution in [0.2, 0.25) is 0 Å². The molecule has 0 aromatic heterocycles. The maximum absolute atomic E-state index is 12.9.